The van der Waals surface area contributed by atoms with Crippen molar-refractivity contribution in [3.8, 4) is 17.2 Å². The number of anilines is 1. The summed E-state index contributed by atoms with van der Waals surface area (Å²) >= 11 is 0. The zero-order valence-corrected chi connectivity index (χ0v) is 14.8. The van der Waals surface area contributed by atoms with Gasteiger partial charge < -0.3 is 24.8 Å². The predicted molar refractivity (Wildman–Crippen MR) is 97.7 cm³/mol. The number of carbonyl (C=O) groups excluding carboxylic acids is 1. The second kappa shape index (κ2) is 9.42. The van der Waals surface area contributed by atoms with Crippen LogP contribution in [0.15, 0.2) is 42.5 Å². The van der Waals surface area contributed by atoms with Crippen LogP contribution in [0.5, 0.6) is 17.2 Å². The molecule has 0 unspecified atom stereocenters. The van der Waals surface area contributed by atoms with Gasteiger partial charge in [0.1, 0.15) is 23.9 Å². The van der Waals surface area contributed by atoms with E-state index in [1.807, 2.05) is 49.4 Å². The van der Waals surface area contributed by atoms with Crippen molar-refractivity contribution in [1.82, 2.24) is 5.32 Å². The van der Waals surface area contributed by atoms with E-state index in [1.54, 1.807) is 14.2 Å². The van der Waals surface area contributed by atoms with E-state index in [4.69, 9.17) is 14.2 Å². The summed E-state index contributed by atoms with van der Waals surface area (Å²) in [6.45, 7) is 2.98. The first-order valence-electron chi connectivity index (χ1n) is 8.04. The first-order chi connectivity index (χ1) is 12.1. The van der Waals surface area contributed by atoms with Crippen molar-refractivity contribution in [2.45, 2.75) is 6.92 Å². The number of ether oxygens (including phenoxy) is 3. The molecule has 2 aromatic rings. The number of nitrogens with one attached hydrogen (secondary N) is 2. The van der Waals surface area contributed by atoms with Crippen LogP contribution < -0.4 is 24.8 Å². The third kappa shape index (κ3) is 5.91. The lowest BCUT2D eigenvalue weighted by molar-refractivity contribution is -0.119. The summed E-state index contributed by atoms with van der Waals surface area (Å²) in [7, 11) is 3.22. The van der Waals surface area contributed by atoms with Crippen LogP contribution in [0.2, 0.25) is 0 Å². The van der Waals surface area contributed by atoms with Crippen molar-refractivity contribution in [1.29, 1.82) is 0 Å². The van der Waals surface area contributed by atoms with Gasteiger partial charge >= 0.3 is 0 Å². The van der Waals surface area contributed by atoms with E-state index in [0.29, 0.717) is 18.9 Å². The molecule has 0 spiro atoms. The SMILES string of the molecule is COc1ccc(OCCNC(=O)CNc2cc(C)ccc2OC)cc1. The molecular weight excluding hydrogens is 320 g/mol. The van der Waals surface area contributed by atoms with E-state index in [1.165, 1.54) is 0 Å². The van der Waals surface area contributed by atoms with Gasteiger partial charge in [-0.05, 0) is 48.9 Å². The van der Waals surface area contributed by atoms with Crippen LogP contribution in [0.4, 0.5) is 5.69 Å². The molecule has 0 saturated carbocycles. The van der Waals surface area contributed by atoms with E-state index in [-0.39, 0.29) is 12.5 Å². The lowest BCUT2D eigenvalue weighted by atomic mass is 10.2. The van der Waals surface area contributed by atoms with Crippen LogP contribution in [0.25, 0.3) is 0 Å². The van der Waals surface area contributed by atoms with Crippen molar-refractivity contribution in [3.05, 3.63) is 48.0 Å². The van der Waals surface area contributed by atoms with Crippen LogP contribution in [0.1, 0.15) is 5.56 Å². The van der Waals surface area contributed by atoms with E-state index in [2.05, 4.69) is 10.6 Å². The molecule has 0 heterocycles. The lowest BCUT2D eigenvalue weighted by Gasteiger charge is -2.12. The monoisotopic (exact) mass is 344 g/mol. The Balaban J connectivity index is 1.69. The number of hydrogen-bond acceptors (Lipinski definition) is 5. The number of carbonyl (C=O) groups is 1. The van der Waals surface area contributed by atoms with Gasteiger partial charge in [0, 0.05) is 0 Å². The van der Waals surface area contributed by atoms with Gasteiger partial charge in [0.15, 0.2) is 0 Å². The van der Waals surface area contributed by atoms with Gasteiger partial charge in [0.25, 0.3) is 0 Å². The molecule has 6 nitrogen and oxygen atoms in total. The summed E-state index contributed by atoms with van der Waals surface area (Å²) in [6, 6.07) is 13.1. The van der Waals surface area contributed by atoms with Crippen LogP contribution in [0.3, 0.4) is 0 Å². The number of rotatable bonds is 9. The summed E-state index contributed by atoms with van der Waals surface area (Å²) in [4.78, 5) is 11.9. The minimum absolute atomic E-state index is 0.109. The minimum atomic E-state index is -0.109. The molecule has 2 rings (SSSR count). The summed E-state index contributed by atoms with van der Waals surface area (Å²) < 4.78 is 15.9. The summed E-state index contributed by atoms with van der Waals surface area (Å²) in [5, 5.41) is 5.89. The van der Waals surface area contributed by atoms with Gasteiger partial charge in [-0.15, -0.1) is 0 Å². The van der Waals surface area contributed by atoms with Crippen molar-refractivity contribution < 1.29 is 19.0 Å². The number of benzene rings is 2. The van der Waals surface area contributed by atoms with E-state index in [0.717, 1.165) is 22.7 Å². The van der Waals surface area contributed by atoms with Gasteiger partial charge in [-0.1, -0.05) is 6.07 Å². The average Bonchev–Trinajstić information content (AvgIpc) is 2.64. The molecule has 0 aliphatic heterocycles. The maximum Gasteiger partial charge on any atom is 0.239 e. The quantitative estimate of drug-likeness (QED) is 0.685. The molecule has 134 valence electrons. The second-order valence-corrected chi connectivity index (χ2v) is 5.43. The second-order valence-electron chi connectivity index (χ2n) is 5.43. The zero-order chi connectivity index (χ0) is 18.1. The standard InChI is InChI=1S/C19H24N2O4/c1-14-4-9-18(24-3)17(12-14)21-13-19(22)20-10-11-25-16-7-5-15(23-2)6-8-16/h4-9,12,21H,10-11,13H2,1-3H3,(H,20,22). The van der Waals surface area contributed by atoms with Crippen molar-refractivity contribution >= 4 is 11.6 Å². The number of methoxy groups -OCH3 is 2. The molecular formula is C19H24N2O4. The van der Waals surface area contributed by atoms with Gasteiger partial charge in [0.05, 0.1) is 33.0 Å². The zero-order valence-electron chi connectivity index (χ0n) is 14.8. The highest BCUT2D eigenvalue weighted by atomic mass is 16.5. The molecule has 25 heavy (non-hydrogen) atoms. The Kier molecular flexibility index (Phi) is 6.95. The molecule has 0 aliphatic rings. The summed E-state index contributed by atoms with van der Waals surface area (Å²) in [6.07, 6.45) is 0. The Hall–Kier alpha value is -2.89. The smallest absolute Gasteiger partial charge is 0.239 e. The first kappa shape index (κ1) is 18.4. The fourth-order valence-electron chi connectivity index (χ4n) is 2.23. The summed E-state index contributed by atoms with van der Waals surface area (Å²) in [5.41, 5.74) is 1.89. The largest absolute Gasteiger partial charge is 0.497 e. The van der Waals surface area contributed by atoms with Gasteiger partial charge in [0.2, 0.25) is 5.91 Å². The van der Waals surface area contributed by atoms with Crippen LogP contribution in [-0.2, 0) is 4.79 Å². The van der Waals surface area contributed by atoms with E-state index >= 15 is 0 Å². The van der Waals surface area contributed by atoms with Crippen LogP contribution in [-0.4, -0.2) is 39.8 Å². The van der Waals surface area contributed by atoms with Crippen molar-refractivity contribution in [3.63, 3.8) is 0 Å². The Morgan fingerprint density at radius 3 is 2.40 bits per heavy atom. The molecule has 2 aromatic carbocycles. The summed E-state index contributed by atoms with van der Waals surface area (Å²) in [5.74, 6) is 2.11. The highest BCUT2D eigenvalue weighted by Crippen LogP contribution is 2.24. The number of aryl methyl sites for hydroxylation is 1. The van der Waals surface area contributed by atoms with E-state index in [9.17, 15) is 4.79 Å². The van der Waals surface area contributed by atoms with Gasteiger partial charge in [-0.3, -0.25) is 4.79 Å². The Labute approximate surface area is 148 Å². The van der Waals surface area contributed by atoms with Gasteiger partial charge in [-0.2, -0.15) is 0 Å². The fourth-order valence-corrected chi connectivity index (χ4v) is 2.23. The maximum atomic E-state index is 11.9. The molecule has 0 saturated heterocycles. The number of amides is 1. The highest BCUT2D eigenvalue weighted by molar-refractivity contribution is 5.81. The Morgan fingerprint density at radius 1 is 1.00 bits per heavy atom. The first-order valence-corrected chi connectivity index (χ1v) is 8.04. The fraction of sp³-hybridized carbons (Fsp3) is 0.316. The van der Waals surface area contributed by atoms with Crippen molar-refractivity contribution in [2.75, 3.05) is 39.2 Å². The molecule has 0 radical (unpaired) electrons. The average molecular weight is 344 g/mol. The number of hydrogen-bond donors (Lipinski definition) is 2. The van der Waals surface area contributed by atoms with Gasteiger partial charge in [-0.25, -0.2) is 0 Å². The highest BCUT2D eigenvalue weighted by Gasteiger charge is 2.06. The molecule has 1 amide bonds. The Morgan fingerprint density at radius 2 is 1.72 bits per heavy atom. The predicted octanol–water partition coefficient (Wildman–Crippen LogP) is 2.62. The lowest BCUT2D eigenvalue weighted by Crippen LogP contribution is -2.33. The normalized spacial score (nSPS) is 10.0. The molecule has 0 aromatic heterocycles. The van der Waals surface area contributed by atoms with Crippen LogP contribution in [0, 0.1) is 6.92 Å². The third-order valence-electron chi connectivity index (χ3n) is 3.55. The van der Waals surface area contributed by atoms with Crippen LogP contribution >= 0.6 is 0 Å². The molecule has 0 aliphatic carbocycles. The molecule has 0 atom stereocenters. The molecule has 0 fully saturated rings. The molecule has 2 N–H and O–H groups in total. The Bertz CT molecular complexity index is 686. The van der Waals surface area contributed by atoms with E-state index < -0.39 is 0 Å². The molecule has 0 bridgehead atoms. The third-order valence-corrected chi connectivity index (χ3v) is 3.55. The van der Waals surface area contributed by atoms with Crippen molar-refractivity contribution in [2.24, 2.45) is 0 Å². The maximum absolute atomic E-state index is 11.9. The topological polar surface area (TPSA) is 68.8 Å². The molecule has 6 heteroatoms. The minimum Gasteiger partial charge on any atom is -0.497 e.